The number of fused-ring (bicyclic) bond motifs is 2. The van der Waals surface area contributed by atoms with Crippen molar-refractivity contribution >= 4 is 21.8 Å². The summed E-state index contributed by atoms with van der Waals surface area (Å²) in [7, 11) is 0. The van der Waals surface area contributed by atoms with E-state index < -0.39 is 0 Å². The van der Waals surface area contributed by atoms with Crippen molar-refractivity contribution in [1.82, 2.24) is 9.97 Å². The lowest BCUT2D eigenvalue weighted by Gasteiger charge is -2.09. The lowest BCUT2D eigenvalue weighted by atomic mass is 10.1. The molecule has 0 saturated heterocycles. The summed E-state index contributed by atoms with van der Waals surface area (Å²) in [6, 6.07) is 14.5. The number of pyridine rings is 1. The SMILES string of the molecule is N#Cc1cc2c(Oc3ccc4[nH]ccc4c3)ccnc2cc1O. The molecular weight excluding hydrogens is 290 g/mol. The second-order valence-corrected chi connectivity index (χ2v) is 5.14. The monoisotopic (exact) mass is 301 g/mol. The van der Waals surface area contributed by atoms with E-state index in [9.17, 15) is 5.11 Å². The molecule has 2 N–H and O–H groups in total. The summed E-state index contributed by atoms with van der Waals surface area (Å²) < 4.78 is 5.96. The smallest absolute Gasteiger partial charge is 0.138 e. The number of ether oxygens (including phenoxy) is 1. The molecule has 5 nitrogen and oxygen atoms in total. The molecule has 0 saturated carbocycles. The first kappa shape index (κ1) is 13.2. The van der Waals surface area contributed by atoms with Crippen LogP contribution in [0.3, 0.4) is 0 Å². The van der Waals surface area contributed by atoms with Gasteiger partial charge in [-0.05, 0) is 36.4 Å². The first-order valence-corrected chi connectivity index (χ1v) is 7.01. The van der Waals surface area contributed by atoms with Gasteiger partial charge in [-0.1, -0.05) is 0 Å². The summed E-state index contributed by atoms with van der Waals surface area (Å²) >= 11 is 0. The number of aromatic hydroxyl groups is 1. The summed E-state index contributed by atoms with van der Waals surface area (Å²) in [6.07, 6.45) is 3.48. The Balaban J connectivity index is 1.83. The maximum absolute atomic E-state index is 9.78. The van der Waals surface area contributed by atoms with Crippen LogP contribution < -0.4 is 4.74 Å². The predicted molar refractivity (Wildman–Crippen MR) is 86.5 cm³/mol. The quantitative estimate of drug-likeness (QED) is 0.584. The molecule has 0 amide bonds. The van der Waals surface area contributed by atoms with E-state index in [1.807, 2.05) is 36.5 Å². The fourth-order valence-corrected chi connectivity index (χ4v) is 2.56. The van der Waals surface area contributed by atoms with Crippen molar-refractivity contribution in [3.05, 3.63) is 60.4 Å². The number of phenols is 1. The molecule has 4 aromatic rings. The molecule has 0 unspecified atom stereocenters. The van der Waals surface area contributed by atoms with E-state index in [0.29, 0.717) is 22.4 Å². The first-order chi connectivity index (χ1) is 11.2. The van der Waals surface area contributed by atoms with E-state index in [2.05, 4.69) is 9.97 Å². The zero-order valence-electron chi connectivity index (χ0n) is 11.9. The predicted octanol–water partition coefficient (Wildman–Crippen LogP) is 4.09. The summed E-state index contributed by atoms with van der Waals surface area (Å²) in [4.78, 5) is 7.34. The number of hydrogen-bond acceptors (Lipinski definition) is 4. The standard InChI is InChI=1S/C18H11N3O2/c19-10-12-8-14-16(9-17(12)22)21-6-4-18(14)23-13-1-2-15-11(7-13)3-5-20-15/h1-9,20,22H. The van der Waals surface area contributed by atoms with Crippen LogP contribution in [0.4, 0.5) is 0 Å². The van der Waals surface area contributed by atoms with E-state index in [4.69, 9.17) is 10.00 Å². The van der Waals surface area contributed by atoms with Gasteiger partial charge < -0.3 is 14.8 Å². The molecular formula is C18H11N3O2. The number of phenolic OH excluding ortho intramolecular Hbond substituents is 1. The highest BCUT2D eigenvalue weighted by atomic mass is 16.5. The van der Waals surface area contributed by atoms with Crippen molar-refractivity contribution in [2.24, 2.45) is 0 Å². The normalized spacial score (nSPS) is 10.7. The van der Waals surface area contributed by atoms with Crippen LogP contribution in [0.5, 0.6) is 17.2 Å². The average Bonchev–Trinajstić information content (AvgIpc) is 3.02. The molecule has 0 bridgehead atoms. The third-order valence-electron chi connectivity index (χ3n) is 3.69. The van der Waals surface area contributed by atoms with E-state index in [-0.39, 0.29) is 11.3 Å². The van der Waals surface area contributed by atoms with Crippen LogP contribution >= 0.6 is 0 Å². The Morgan fingerprint density at radius 1 is 1.13 bits per heavy atom. The second kappa shape index (κ2) is 5.04. The van der Waals surface area contributed by atoms with E-state index >= 15 is 0 Å². The molecule has 2 heterocycles. The minimum atomic E-state index is -0.0848. The molecule has 0 radical (unpaired) electrons. The molecule has 5 heteroatoms. The van der Waals surface area contributed by atoms with Crippen molar-refractivity contribution in [1.29, 1.82) is 5.26 Å². The summed E-state index contributed by atoms with van der Waals surface area (Å²) in [6.45, 7) is 0. The first-order valence-electron chi connectivity index (χ1n) is 7.01. The van der Waals surface area contributed by atoms with Crippen LogP contribution in [0.2, 0.25) is 0 Å². The van der Waals surface area contributed by atoms with Gasteiger partial charge >= 0.3 is 0 Å². The topological polar surface area (TPSA) is 81.9 Å². The molecule has 2 aromatic carbocycles. The minimum Gasteiger partial charge on any atom is -0.506 e. The minimum absolute atomic E-state index is 0.0848. The molecule has 0 aliphatic heterocycles. The van der Waals surface area contributed by atoms with Crippen LogP contribution in [0.15, 0.2) is 54.9 Å². The second-order valence-electron chi connectivity index (χ2n) is 5.14. The summed E-state index contributed by atoms with van der Waals surface area (Å²) in [5.74, 6) is 1.19. The number of hydrogen-bond donors (Lipinski definition) is 2. The van der Waals surface area contributed by atoms with Crippen LogP contribution in [-0.4, -0.2) is 15.1 Å². The van der Waals surface area contributed by atoms with Gasteiger partial charge in [-0.3, -0.25) is 4.98 Å². The van der Waals surface area contributed by atoms with Gasteiger partial charge in [-0.2, -0.15) is 5.26 Å². The number of rotatable bonds is 2. The van der Waals surface area contributed by atoms with Gasteiger partial charge in [-0.25, -0.2) is 0 Å². The Bertz CT molecular complexity index is 1080. The van der Waals surface area contributed by atoms with Crippen molar-refractivity contribution in [3.8, 4) is 23.3 Å². The van der Waals surface area contributed by atoms with Crippen molar-refractivity contribution < 1.29 is 9.84 Å². The van der Waals surface area contributed by atoms with E-state index in [1.165, 1.54) is 6.07 Å². The third-order valence-corrected chi connectivity index (χ3v) is 3.69. The van der Waals surface area contributed by atoms with Crippen molar-refractivity contribution in [2.75, 3.05) is 0 Å². The molecule has 0 aliphatic carbocycles. The average molecular weight is 301 g/mol. The molecule has 0 fully saturated rings. The summed E-state index contributed by atoms with van der Waals surface area (Å²) in [5, 5.41) is 20.6. The molecule has 23 heavy (non-hydrogen) atoms. The van der Waals surface area contributed by atoms with Crippen LogP contribution in [0, 0.1) is 11.3 Å². The van der Waals surface area contributed by atoms with E-state index in [1.54, 1.807) is 18.3 Å². The Kier molecular flexibility index (Phi) is 2.88. The number of aromatic nitrogens is 2. The van der Waals surface area contributed by atoms with Crippen molar-refractivity contribution in [3.63, 3.8) is 0 Å². The highest BCUT2D eigenvalue weighted by molar-refractivity contribution is 5.88. The van der Waals surface area contributed by atoms with Gasteiger partial charge in [0.25, 0.3) is 0 Å². The fourth-order valence-electron chi connectivity index (χ4n) is 2.56. The molecule has 110 valence electrons. The number of nitrogens with one attached hydrogen (secondary N) is 1. The highest BCUT2D eigenvalue weighted by Crippen LogP contribution is 2.33. The lowest BCUT2D eigenvalue weighted by molar-refractivity contribution is 0.473. The Morgan fingerprint density at radius 3 is 2.91 bits per heavy atom. The van der Waals surface area contributed by atoms with Gasteiger partial charge in [0, 0.05) is 34.7 Å². The highest BCUT2D eigenvalue weighted by Gasteiger charge is 2.10. The van der Waals surface area contributed by atoms with Gasteiger partial charge in [0.05, 0.1) is 11.1 Å². The maximum atomic E-state index is 9.78. The molecule has 4 rings (SSSR count). The number of nitrogens with zero attached hydrogens (tertiary/aromatic N) is 2. The van der Waals surface area contributed by atoms with Crippen LogP contribution in [0.25, 0.3) is 21.8 Å². The summed E-state index contributed by atoms with van der Waals surface area (Å²) in [5.41, 5.74) is 1.80. The molecule has 0 aliphatic rings. The van der Waals surface area contributed by atoms with Gasteiger partial charge in [-0.15, -0.1) is 0 Å². The fraction of sp³-hybridized carbons (Fsp3) is 0. The Labute approximate surface area is 131 Å². The Hall–Kier alpha value is -3.52. The number of benzene rings is 2. The lowest BCUT2D eigenvalue weighted by Crippen LogP contribution is -1.89. The maximum Gasteiger partial charge on any atom is 0.138 e. The van der Waals surface area contributed by atoms with E-state index in [0.717, 1.165) is 10.9 Å². The van der Waals surface area contributed by atoms with Gasteiger partial charge in [0.1, 0.15) is 23.3 Å². The van der Waals surface area contributed by atoms with Gasteiger partial charge in [0.15, 0.2) is 0 Å². The zero-order chi connectivity index (χ0) is 15.8. The Morgan fingerprint density at radius 2 is 2.04 bits per heavy atom. The molecule has 0 spiro atoms. The number of nitriles is 1. The zero-order valence-corrected chi connectivity index (χ0v) is 11.9. The number of H-pyrrole nitrogens is 1. The number of aromatic amines is 1. The van der Waals surface area contributed by atoms with Crippen LogP contribution in [-0.2, 0) is 0 Å². The third kappa shape index (κ3) is 2.23. The van der Waals surface area contributed by atoms with Crippen molar-refractivity contribution in [2.45, 2.75) is 0 Å². The molecule has 0 atom stereocenters. The van der Waals surface area contributed by atoms with Gasteiger partial charge in [0.2, 0.25) is 0 Å². The largest absolute Gasteiger partial charge is 0.506 e. The molecule has 2 aromatic heterocycles. The van der Waals surface area contributed by atoms with Crippen LogP contribution in [0.1, 0.15) is 5.56 Å².